The molecule has 9 nitrogen and oxygen atoms in total. The van der Waals surface area contributed by atoms with E-state index in [0.717, 1.165) is 12.2 Å². The second-order valence-corrected chi connectivity index (χ2v) is 8.29. The highest BCUT2D eigenvalue weighted by atomic mass is 16.6. The van der Waals surface area contributed by atoms with Crippen molar-refractivity contribution in [3.8, 4) is 0 Å². The van der Waals surface area contributed by atoms with E-state index in [1.54, 1.807) is 0 Å². The van der Waals surface area contributed by atoms with Crippen molar-refractivity contribution in [1.29, 1.82) is 0 Å². The van der Waals surface area contributed by atoms with Crippen LogP contribution in [-0.2, 0) is 28.4 Å². The van der Waals surface area contributed by atoms with Gasteiger partial charge in [0.25, 0.3) is 0 Å². The van der Waals surface area contributed by atoms with E-state index in [2.05, 4.69) is 29.7 Å². The lowest BCUT2D eigenvalue weighted by Crippen LogP contribution is -2.34. The summed E-state index contributed by atoms with van der Waals surface area (Å²) >= 11 is 0. The van der Waals surface area contributed by atoms with Crippen molar-refractivity contribution >= 4 is 11.8 Å². The van der Waals surface area contributed by atoms with Crippen LogP contribution in [0.2, 0.25) is 0 Å². The highest BCUT2D eigenvalue weighted by Gasteiger charge is 2.15. The van der Waals surface area contributed by atoms with Gasteiger partial charge in [0.1, 0.15) is 5.60 Å². The van der Waals surface area contributed by atoms with Crippen LogP contribution in [0.4, 0.5) is 10.5 Å². The van der Waals surface area contributed by atoms with Crippen LogP contribution < -0.4 is 10.6 Å². The predicted octanol–water partition coefficient (Wildman–Crippen LogP) is 3.01. The van der Waals surface area contributed by atoms with Gasteiger partial charge in [-0.05, 0) is 45.4 Å². The molecule has 1 rings (SSSR count). The van der Waals surface area contributed by atoms with E-state index in [1.165, 1.54) is 5.56 Å². The Bertz CT molecular complexity index is 623. The maximum atomic E-state index is 11.4. The van der Waals surface area contributed by atoms with Crippen LogP contribution in [0.15, 0.2) is 24.3 Å². The third-order valence-corrected chi connectivity index (χ3v) is 4.00. The minimum atomic E-state index is -0.499. The number of ether oxygens (including phenoxy) is 6. The first-order valence-corrected chi connectivity index (χ1v) is 11.5. The average Bonchev–Trinajstić information content (AvgIpc) is 2.74. The summed E-state index contributed by atoms with van der Waals surface area (Å²) in [4.78, 5) is 11.4. The summed E-state index contributed by atoms with van der Waals surface area (Å²) in [5.74, 6) is 0. The molecule has 0 aromatic heterocycles. The molecule has 0 unspecified atom stereocenters. The number of aryl methyl sites for hydroxylation is 1. The largest absolute Gasteiger partial charge is 0.444 e. The molecule has 190 valence electrons. The van der Waals surface area contributed by atoms with E-state index < -0.39 is 11.7 Å². The first kappa shape index (κ1) is 29.1. The Hall–Kier alpha value is -1.91. The molecule has 0 saturated carbocycles. The Labute approximate surface area is 198 Å². The lowest BCUT2D eigenvalue weighted by Gasteiger charge is -2.19. The molecule has 9 heteroatoms. The second-order valence-electron chi connectivity index (χ2n) is 8.29. The van der Waals surface area contributed by atoms with Crippen LogP contribution >= 0.6 is 0 Å². The molecular formula is C24H42N2O7. The molecule has 33 heavy (non-hydrogen) atoms. The SMILES string of the molecule is Cc1cccc(NCCOCCOCCOCCOCCOCCNC(=O)OC(C)(C)C)c1. The van der Waals surface area contributed by atoms with Crippen molar-refractivity contribution in [2.75, 3.05) is 84.5 Å². The number of alkyl carbamates (subject to hydrolysis) is 1. The van der Waals surface area contributed by atoms with E-state index in [4.69, 9.17) is 28.4 Å². The molecule has 0 aliphatic carbocycles. The van der Waals surface area contributed by atoms with E-state index in [9.17, 15) is 4.79 Å². The Kier molecular flexibility index (Phi) is 16.3. The lowest BCUT2D eigenvalue weighted by atomic mass is 10.2. The predicted molar refractivity (Wildman–Crippen MR) is 128 cm³/mol. The zero-order chi connectivity index (χ0) is 24.2. The molecule has 1 amide bonds. The van der Waals surface area contributed by atoms with Gasteiger partial charge in [-0.3, -0.25) is 0 Å². The van der Waals surface area contributed by atoms with Gasteiger partial charge in [-0.2, -0.15) is 0 Å². The molecular weight excluding hydrogens is 428 g/mol. The van der Waals surface area contributed by atoms with Gasteiger partial charge in [0.05, 0.1) is 66.1 Å². The fraction of sp³-hybridized carbons (Fsp3) is 0.708. The number of benzene rings is 1. The van der Waals surface area contributed by atoms with Gasteiger partial charge in [-0.15, -0.1) is 0 Å². The molecule has 1 aromatic rings. The molecule has 0 spiro atoms. The van der Waals surface area contributed by atoms with Gasteiger partial charge in [-0.1, -0.05) is 12.1 Å². The van der Waals surface area contributed by atoms with E-state index in [0.29, 0.717) is 72.6 Å². The Balaban J connectivity index is 1.73. The van der Waals surface area contributed by atoms with Crippen LogP contribution in [-0.4, -0.2) is 90.9 Å². The van der Waals surface area contributed by atoms with E-state index in [1.807, 2.05) is 32.9 Å². The zero-order valence-electron chi connectivity index (χ0n) is 20.7. The molecule has 0 saturated heterocycles. The fourth-order valence-corrected chi connectivity index (χ4v) is 2.54. The quantitative estimate of drug-likeness (QED) is 0.298. The van der Waals surface area contributed by atoms with Gasteiger partial charge >= 0.3 is 6.09 Å². The number of anilines is 1. The van der Waals surface area contributed by atoms with Crippen molar-refractivity contribution in [1.82, 2.24) is 5.32 Å². The molecule has 0 aliphatic rings. The number of carbonyl (C=O) groups is 1. The number of nitrogens with one attached hydrogen (secondary N) is 2. The standard InChI is InChI=1S/C24H42N2O7/c1-21-6-5-7-22(20-21)25-8-10-28-12-14-30-16-18-32-19-17-31-15-13-29-11-9-26-23(27)33-24(2,3)4/h5-7,20,25H,8-19H2,1-4H3,(H,26,27). The minimum Gasteiger partial charge on any atom is -0.444 e. The van der Waals surface area contributed by atoms with Crippen LogP contribution in [0.3, 0.4) is 0 Å². The number of amides is 1. The van der Waals surface area contributed by atoms with E-state index >= 15 is 0 Å². The smallest absolute Gasteiger partial charge is 0.407 e. The lowest BCUT2D eigenvalue weighted by molar-refractivity contribution is -0.0103. The fourth-order valence-electron chi connectivity index (χ4n) is 2.54. The van der Waals surface area contributed by atoms with Gasteiger partial charge < -0.3 is 39.1 Å². The first-order chi connectivity index (χ1) is 15.9. The minimum absolute atomic E-state index is 0.396. The first-order valence-electron chi connectivity index (χ1n) is 11.5. The molecule has 0 radical (unpaired) electrons. The summed E-state index contributed by atoms with van der Waals surface area (Å²) < 4.78 is 32.4. The van der Waals surface area contributed by atoms with Crippen LogP contribution in [0.1, 0.15) is 26.3 Å². The van der Waals surface area contributed by atoms with Gasteiger partial charge in [-0.25, -0.2) is 4.79 Å². The zero-order valence-corrected chi connectivity index (χ0v) is 20.7. The summed E-state index contributed by atoms with van der Waals surface area (Å²) in [6.07, 6.45) is -0.442. The van der Waals surface area contributed by atoms with E-state index in [-0.39, 0.29) is 0 Å². The number of rotatable bonds is 19. The number of hydrogen-bond donors (Lipinski definition) is 2. The summed E-state index contributed by atoms with van der Waals surface area (Å²) in [5.41, 5.74) is 1.84. The van der Waals surface area contributed by atoms with Crippen molar-refractivity contribution in [3.63, 3.8) is 0 Å². The normalized spacial score (nSPS) is 11.4. The van der Waals surface area contributed by atoms with Crippen LogP contribution in [0.5, 0.6) is 0 Å². The molecule has 0 fully saturated rings. The van der Waals surface area contributed by atoms with Crippen molar-refractivity contribution in [3.05, 3.63) is 29.8 Å². The van der Waals surface area contributed by atoms with Crippen LogP contribution in [0.25, 0.3) is 0 Å². The Morgan fingerprint density at radius 3 is 1.73 bits per heavy atom. The van der Waals surface area contributed by atoms with Crippen molar-refractivity contribution in [2.45, 2.75) is 33.3 Å². The maximum Gasteiger partial charge on any atom is 0.407 e. The molecule has 0 atom stereocenters. The van der Waals surface area contributed by atoms with Crippen molar-refractivity contribution in [2.24, 2.45) is 0 Å². The molecule has 0 aliphatic heterocycles. The third-order valence-electron chi connectivity index (χ3n) is 4.00. The van der Waals surface area contributed by atoms with Gasteiger partial charge in [0, 0.05) is 18.8 Å². The highest BCUT2D eigenvalue weighted by molar-refractivity contribution is 5.67. The third kappa shape index (κ3) is 19.3. The molecule has 1 aromatic carbocycles. The monoisotopic (exact) mass is 470 g/mol. The molecule has 2 N–H and O–H groups in total. The summed E-state index contributed by atoms with van der Waals surface area (Å²) in [5, 5.41) is 5.95. The Morgan fingerprint density at radius 2 is 1.24 bits per heavy atom. The summed E-state index contributed by atoms with van der Waals surface area (Å²) in [6, 6.07) is 8.26. The topological polar surface area (TPSA) is 96.5 Å². The summed E-state index contributed by atoms with van der Waals surface area (Å²) in [7, 11) is 0. The maximum absolute atomic E-state index is 11.4. The van der Waals surface area contributed by atoms with Crippen molar-refractivity contribution < 1.29 is 33.2 Å². The second kappa shape index (κ2) is 18.5. The molecule has 0 bridgehead atoms. The highest BCUT2D eigenvalue weighted by Crippen LogP contribution is 2.08. The average molecular weight is 471 g/mol. The van der Waals surface area contributed by atoms with Gasteiger partial charge in [0.15, 0.2) is 0 Å². The number of carbonyl (C=O) groups excluding carboxylic acids is 1. The van der Waals surface area contributed by atoms with Crippen LogP contribution in [0, 0.1) is 6.92 Å². The molecule has 0 heterocycles. The Morgan fingerprint density at radius 1 is 0.758 bits per heavy atom. The summed E-state index contributed by atoms with van der Waals surface area (Å²) in [6.45, 7) is 13.8. The van der Waals surface area contributed by atoms with Gasteiger partial charge in [0.2, 0.25) is 0 Å². The number of hydrogen-bond acceptors (Lipinski definition) is 8.